The second-order valence-electron chi connectivity index (χ2n) is 4.95. The fraction of sp³-hybridized carbons (Fsp3) is 0.909. The maximum absolute atomic E-state index is 11.7. The Morgan fingerprint density at radius 2 is 2.21 bits per heavy atom. The first-order chi connectivity index (χ1) is 6.51. The van der Waals surface area contributed by atoms with E-state index >= 15 is 0 Å². The molecule has 0 aromatic rings. The monoisotopic (exact) mass is 198 g/mol. The summed E-state index contributed by atoms with van der Waals surface area (Å²) in [6.45, 7) is 6.37. The topological polar surface area (TPSA) is 55.1 Å². The van der Waals surface area contributed by atoms with Crippen molar-refractivity contribution in [1.29, 1.82) is 0 Å². The Morgan fingerprint density at radius 3 is 2.71 bits per heavy atom. The number of carbonyl (C=O) groups excluding carboxylic acids is 1. The zero-order chi connectivity index (χ0) is 10.8. The van der Waals surface area contributed by atoms with Gasteiger partial charge >= 0.3 is 0 Å². The van der Waals surface area contributed by atoms with Crippen molar-refractivity contribution < 1.29 is 4.79 Å². The maximum Gasteiger partial charge on any atom is 0.227 e. The Bertz CT molecular complexity index is 213. The van der Waals surface area contributed by atoms with Crippen LogP contribution in [-0.4, -0.2) is 18.5 Å². The van der Waals surface area contributed by atoms with Crippen LogP contribution in [0.4, 0.5) is 0 Å². The van der Waals surface area contributed by atoms with Gasteiger partial charge in [0, 0.05) is 12.6 Å². The number of rotatable bonds is 5. The largest absolute Gasteiger partial charge is 0.353 e. The molecule has 0 aromatic carbocycles. The predicted octanol–water partition coefficient (Wildman–Crippen LogP) is 1.28. The standard InChI is InChI=1S/C11H22N2O/c1-4-5-8-6-9(8)13-10(14)11(2,3)7-12/h8-9H,4-7,12H2,1-3H3,(H,13,14). The molecule has 2 atom stereocenters. The zero-order valence-corrected chi connectivity index (χ0v) is 9.47. The van der Waals surface area contributed by atoms with Crippen molar-refractivity contribution in [1.82, 2.24) is 5.32 Å². The smallest absolute Gasteiger partial charge is 0.227 e. The summed E-state index contributed by atoms with van der Waals surface area (Å²) in [6.07, 6.45) is 3.59. The Balaban J connectivity index is 2.30. The van der Waals surface area contributed by atoms with Crippen LogP contribution in [-0.2, 0) is 4.79 Å². The number of hydrogen-bond donors (Lipinski definition) is 2. The lowest BCUT2D eigenvalue weighted by Crippen LogP contribution is -2.43. The molecule has 1 amide bonds. The van der Waals surface area contributed by atoms with Crippen molar-refractivity contribution in [2.45, 2.75) is 46.1 Å². The third-order valence-electron chi connectivity index (χ3n) is 3.02. The van der Waals surface area contributed by atoms with Crippen molar-refractivity contribution in [2.75, 3.05) is 6.54 Å². The highest BCUT2D eigenvalue weighted by molar-refractivity contribution is 5.82. The molecule has 2 unspecified atom stereocenters. The summed E-state index contributed by atoms with van der Waals surface area (Å²) in [6, 6.07) is 0.424. The Labute approximate surface area is 86.4 Å². The van der Waals surface area contributed by atoms with Gasteiger partial charge in [-0.25, -0.2) is 0 Å². The van der Waals surface area contributed by atoms with Gasteiger partial charge in [-0.2, -0.15) is 0 Å². The summed E-state index contributed by atoms with van der Waals surface area (Å²) in [4.78, 5) is 11.7. The molecule has 3 nitrogen and oxygen atoms in total. The Kier molecular flexibility index (Phi) is 3.53. The van der Waals surface area contributed by atoms with E-state index in [-0.39, 0.29) is 5.91 Å². The Hall–Kier alpha value is -0.570. The van der Waals surface area contributed by atoms with Gasteiger partial charge in [-0.3, -0.25) is 4.79 Å². The van der Waals surface area contributed by atoms with E-state index in [0.29, 0.717) is 12.6 Å². The van der Waals surface area contributed by atoms with Crippen molar-refractivity contribution in [2.24, 2.45) is 17.1 Å². The highest BCUT2D eigenvalue weighted by atomic mass is 16.2. The second-order valence-corrected chi connectivity index (χ2v) is 4.95. The number of amides is 1. The van der Waals surface area contributed by atoms with Crippen LogP contribution in [0.5, 0.6) is 0 Å². The normalized spacial score (nSPS) is 26.0. The molecule has 1 aliphatic rings. The van der Waals surface area contributed by atoms with E-state index in [1.54, 1.807) is 0 Å². The van der Waals surface area contributed by atoms with E-state index in [2.05, 4.69) is 12.2 Å². The highest BCUT2D eigenvalue weighted by Gasteiger charge is 2.39. The van der Waals surface area contributed by atoms with Gasteiger partial charge in [-0.1, -0.05) is 13.3 Å². The molecular weight excluding hydrogens is 176 g/mol. The summed E-state index contributed by atoms with van der Waals surface area (Å²) in [7, 11) is 0. The highest BCUT2D eigenvalue weighted by Crippen LogP contribution is 2.35. The first kappa shape index (κ1) is 11.5. The van der Waals surface area contributed by atoms with E-state index in [1.165, 1.54) is 12.8 Å². The molecule has 1 fully saturated rings. The van der Waals surface area contributed by atoms with E-state index in [4.69, 9.17) is 5.73 Å². The van der Waals surface area contributed by atoms with Crippen LogP contribution in [0.15, 0.2) is 0 Å². The lowest BCUT2D eigenvalue weighted by Gasteiger charge is -2.21. The zero-order valence-electron chi connectivity index (χ0n) is 9.47. The van der Waals surface area contributed by atoms with Gasteiger partial charge in [0.15, 0.2) is 0 Å². The molecule has 0 aromatic heterocycles. The molecular formula is C11H22N2O. The van der Waals surface area contributed by atoms with E-state index in [1.807, 2.05) is 13.8 Å². The minimum Gasteiger partial charge on any atom is -0.353 e. The van der Waals surface area contributed by atoms with Gasteiger partial charge in [0.1, 0.15) is 0 Å². The number of hydrogen-bond acceptors (Lipinski definition) is 2. The van der Waals surface area contributed by atoms with E-state index < -0.39 is 5.41 Å². The van der Waals surface area contributed by atoms with Gasteiger partial charge < -0.3 is 11.1 Å². The summed E-state index contributed by atoms with van der Waals surface area (Å²) in [5.74, 6) is 0.820. The van der Waals surface area contributed by atoms with Crippen LogP contribution < -0.4 is 11.1 Å². The third-order valence-corrected chi connectivity index (χ3v) is 3.02. The summed E-state index contributed by atoms with van der Waals surface area (Å²) < 4.78 is 0. The van der Waals surface area contributed by atoms with Gasteiger partial charge in [0.05, 0.1) is 5.41 Å². The molecule has 0 aliphatic heterocycles. The molecule has 1 saturated carbocycles. The van der Waals surface area contributed by atoms with Crippen LogP contribution in [0.1, 0.15) is 40.0 Å². The summed E-state index contributed by atoms with van der Waals surface area (Å²) in [5, 5.41) is 3.06. The van der Waals surface area contributed by atoms with Gasteiger partial charge in [0.2, 0.25) is 5.91 Å². The molecule has 3 heteroatoms. The van der Waals surface area contributed by atoms with E-state index in [0.717, 1.165) is 12.3 Å². The van der Waals surface area contributed by atoms with Gasteiger partial charge in [0.25, 0.3) is 0 Å². The third kappa shape index (κ3) is 2.71. The Morgan fingerprint density at radius 1 is 1.57 bits per heavy atom. The first-order valence-electron chi connectivity index (χ1n) is 5.52. The van der Waals surface area contributed by atoms with Crippen LogP contribution in [0.25, 0.3) is 0 Å². The average Bonchev–Trinajstić information content (AvgIpc) is 2.84. The summed E-state index contributed by atoms with van der Waals surface area (Å²) >= 11 is 0. The molecule has 0 heterocycles. The second kappa shape index (κ2) is 4.30. The van der Waals surface area contributed by atoms with Crippen LogP contribution in [0.3, 0.4) is 0 Å². The SMILES string of the molecule is CCCC1CC1NC(=O)C(C)(C)CN. The molecule has 0 saturated heterocycles. The van der Waals surface area contributed by atoms with Crippen LogP contribution in [0, 0.1) is 11.3 Å². The van der Waals surface area contributed by atoms with Crippen molar-refractivity contribution in [3.63, 3.8) is 0 Å². The maximum atomic E-state index is 11.7. The quantitative estimate of drug-likeness (QED) is 0.699. The predicted molar refractivity (Wildman–Crippen MR) is 57.8 cm³/mol. The fourth-order valence-electron chi connectivity index (χ4n) is 1.57. The molecule has 0 bridgehead atoms. The van der Waals surface area contributed by atoms with Crippen LogP contribution >= 0.6 is 0 Å². The molecule has 1 rings (SSSR count). The van der Waals surface area contributed by atoms with Crippen molar-refractivity contribution in [3.05, 3.63) is 0 Å². The van der Waals surface area contributed by atoms with Crippen molar-refractivity contribution in [3.8, 4) is 0 Å². The lowest BCUT2D eigenvalue weighted by atomic mass is 9.92. The number of carbonyl (C=O) groups is 1. The minimum atomic E-state index is -0.417. The molecule has 14 heavy (non-hydrogen) atoms. The molecule has 0 spiro atoms. The van der Waals surface area contributed by atoms with Gasteiger partial charge in [-0.15, -0.1) is 0 Å². The van der Waals surface area contributed by atoms with Crippen LogP contribution in [0.2, 0.25) is 0 Å². The molecule has 82 valence electrons. The molecule has 3 N–H and O–H groups in total. The van der Waals surface area contributed by atoms with Gasteiger partial charge in [-0.05, 0) is 32.6 Å². The molecule has 0 radical (unpaired) electrons. The minimum absolute atomic E-state index is 0.101. The van der Waals surface area contributed by atoms with Crippen molar-refractivity contribution >= 4 is 5.91 Å². The fourth-order valence-corrected chi connectivity index (χ4v) is 1.57. The summed E-state index contributed by atoms with van der Waals surface area (Å²) in [5.41, 5.74) is 5.12. The number of nitrogens with two attached hydrogens (primary N) is 1. The number of nitrogens with one attached hydrogen (secondary N) is 1. The van der Waals surface area contributed by atoms with E-state index in [9.17, 15) is 4.79 Å². The average molecular weight is 198 g/mol. The molecule has 1 aliphatic carbocycles. The lowest BCUT2D eigenvalue weighted by molar-refractivity contribution is -0.129. The first-order valence-corrected chi connectivity index (χ1v) is 5.52.